The third kappa shape index (κ3) is 6.16. The van der Waals surface area contributed by atoms with Crippen LogP contribution in [-0.2, 0) is 16.1 Å². The molecule has 0 aliphatic rings. The van der Waals surface area contributed by atoms with Crippen molar-refractivity contribution in [3.8, 4) is 6.07 Å². The molecule has 0 bridgehead atoms. The summed E-state index contributed by atoms with van der Waals surface area (Å²) in [6.07, 6.45) is 5.02. The van der Waals surface area contributed by atoms with E-state index < -0.39 is 0 Å². The molecule has 0 radical (unpaired) electrons. The molecule has 0 aromatic heterocycles. The first-order valence-corrected chi connectivity index (χ1v) is 5.57. The average Bonchev–Trinajstić information content (AvgIpc) is 2.37. The Hall–Kier alpha value is -2.08. The number of allylic oxidation sites excluding steroid dienone is 2. The van der Waals surface area contributed by atoms with Crippen molar-refractivity contribution in [3.05, 3.63) is 48.0 Å². The number of hydrogen-bond acceptors (Lipinski definition) is 3. The minimum atomic E-state index is -0.195. The lowest BCUT2D eigenvalue weighted by molar-refractivity contribution is -0.145. The molecule has 0 aliphatic heterocycles. The van der Waals surface area contributed by atoms with E-state index in [1.54, 1.807) is 6.08 Å². The van der Waals surface area contributed by atoms with E-state index in [0.29, 0.717) is 19.4 Å². The highest BCUT2D eigenvalue weighted by Gasteiger charge is 2.01. The van der Waals surface area contributed by atoms with Gasteiger partial charge in [0, 0.05) is 12.5 Å². The second kappa shape index (κ2) is 8.12. The van der Waals surface area contributed by atoms with Gasteiger partial charge in [-0.05, 0) is 18.4 Å². The highest BCUT2D eigenvalue weighted by molar-refractivity contribution is 5.69. The Morgan fingerprint density at radius 2 is 2.12 bits per heavy atom. The Balaban J connectivity index is 2.14. The number of unbranched alkanes of at least 4 members (excludes halogenated alkanes) is 1. The summed E-state index contributed by atoms with van der Waals surface area (Å²) in [5.41, 5.74) is 0.991. The molecule has 0 fully saturated rings. The first-order valence-electron chi connectivity index (χ1n) is 5.57. The molecule has 0 saturated carbocycles. The summed E-state index contributed by atoms with van der Waals surface area (Å²) in [6, 6.07) is 11.5. The zero-order valence-electron chi connectivity index (χ0n) is 9.63. The van der Waals surface area contributed by atoms with Crippen molar-refractivity contribution in [1.29, 1.82) is 5.26 Å². The van der Waals surface area contributed by atoms with Gasteiger partial charge >= 0.3 is 5.97 Å². The normalized spacial score (nSPS) is 10.1. The number of esters is 1. The number of carbonyl (C=O) groups excluding carboxylic acids is 1. The van der Waals surface area contributed by atoms with Crippen molar-refractivity contribution in [2.24, 2.45) is 0 Å². The monoisotopic (exact) mass is 229 g/mol. The summed E-state index contributed by atoms with van der Waals surface area (Å²) >= 11 is 0. The Kier molecular flexibility index (Phi) is 6.20. The Morgan fingerprint density at radius 1 is 1.35 bits per heavy atom. The van der Waals surface area contributed by atoms with E-state index in [-0.39, 0.29) is 5.97 Å². The Bertz CT molecular complexity index is 404. The lowest BCUT2D eigenvalue weighted by Crippen LogP contribution is -2.03. The minimum absolute atomic E-state index is 0.195. The summed E-state index contributed by atoms with van der Waals surface area (Å²) in [4.78, 5) is 11.3. The highest BCUT2D eigenvalue weighted by Crippen LogP contribution is 2.04. The van der Waals surface area contributed by atoms with Gasteiger partial charge in [-0.15, -0.1) is 0 Å². The second-order valence-electron chi connectivity index (χ2n) is 3.57. The van der Waals surface area contributed by atoms with E-state index in [4.69, 9.17) is 10.00 Å². The molecule has 0 unspecified atom stereocenters. The van der Waals surface area contributed by atoms with Crippen LogP contribution in [0.2, 0.25) is 0 Å². The standard InChI is InChI=1S/C14H15NO2/c15-11-7-2-1-6-10-14(16)17-12-13-8-4-3-5-9-13/h2-5,7-9H,1,6,10,12H2/b7-2-. The van der Waals surface area contributed by atoms with E-state index >= 15 is 0 Å². The topological polar surface area (TPSA) is 50.1 Å². The molecule has 0 amide bonds. The van der Waals surface area contributed by atoms with Gasteiger partial charge in [0.1, 0.15) is 6.61 Å². The number of carbonyl (C=O) groups is 1. The van der Waals surface area contributed by atoms with Crippen molar-refractivity contribution >= 4 is 5.97 Å². The molecule has 0 aliphatic carbocycles. The van der Waals surface area contributed by atoms with Gasteiger partial charge in [0.25, 0.3) is 0 Å². The molecule has 1 aromatic rings. The number of nitriles is 1. The first-order chi connectivity index (χ1) is 8.33. The predicted octanol–water partition coefficient (Wildman–Crippen LogP) is 2.98. The van der Waals surface area contributed by atoms with E-state index in [1.807, 2.05) is 36.4 Å². The molecular formula is C14H15NO2. The molecule has 0 N–H and O–H groups in total. The Morgan fingerprint density at radius 3 is 2.82 bits per heavy atom. The van der Waals surface area contributed by atoms with Crippen molar-refractivity contribution in [2.45, 2.75) is 25.9 Å². The largest absolute Gasteiger partial charge is 0.461 e. The second-order valence-corrected chi connectivity index (χ2v) is 3.57. The van der Waals surface area contributed by atoms with Crippen LogP contribution in [-0.4, -0.2) is 5.97 Å². The molecule has 3 heteroatoms. The average molecular weight is 229 g/mol. The lowest BCUT2D eigenvalue weighted by Gasteiger charge is -2.03. The first kappa shape index (κ1) is 13.0. The van der Waals surface area contributed by atoms with Gasteiger partial charge in [-0.1, -0.05) is 36.4 Å². The molecule has 1 rings (SSSR count). The molecule has 17 heavy (non-hydrogen) atoms. The van der Waals surface area contributed by atoms with Crippen molar-refractivity contribution in [1.82, 2.24) is 0 Å². The minimum Gasteiger partial charge on any atom is -0.461 e. The Labute approximate surface area is 101 Å². The fourth-order valence-electron chi connectivity index (χ4n) is 1.31. The van der Waals surface area contributed by atoms with Gasteiger partial charge < -0.3 is 4.74 Å². The zero-order chi connectivity index (χ0) is 12.3. The van der Waals surface area contributed by atoms with Crippen LogP contribution in [0, 0.1) is 11.3 Å². The number of rotatable bonds is 6. The number of benzene rings is 1. The maximum absolute atomic E-state index is 11.3. The maximum Gasteiger partial charge on any atom is 0.306 e. The van der Waals surface area contributed by atoms with Crippen LogP contribution < -0.4 is 0 Å². The van der Waals surface area contributed by atoms with Gasteiger partial charge in [0.15, 0.2) is 0 Å². The van der Waals surface area contributed by atoms with Crippen LogP contribution in [0.25, 0.3) is 0 Å². The van der Waals surface area contributed by atoms with Crippen LogP contribution in [0.4, 0.5) is 0 Å². The van der Waals surface area contributed by atoms with Gasteiger partial charge in [-0.3, -0.25) is 4.79 Å². The highest BCUT2D eigenvalue weighted by atomic mass is 16.5. The quantitative estimate of drug-likeness (QED) is 0.428. The molecule has 3 nitrogen and oxygen atoms in total. The molecule has 0 atom stereocenters. The van der Waals surface area contributed by atoms with Gasteiger partial charge in [-0.25, -0.2) is 0 Å². The van der Waals surface area contributed by atoms with Crippen LogP contribution in [0.5, 0.6) is 0 Å². The maximum atomic E-state index is 11.3. The molecule has 0 saturated heterocycles. The van der Waals surface area contributed by atoms with Crippen LogP contribution in [0.3, 0.4) is 0 Å². The van der Waals surface area contributed by atoms with E-state index in [1.165, 1.54) is 6.08 Å². The summed E-state index contributed by atoms with van der Waals surface area (Å²) in [6.45, 7) is 0.327. The van der Waals surface area contributed by atoms with Crippen molar-refractivity contribution < 1.29 is 9.53 Å². The number of hydrogen-bond donors (Lipinski definition) is 0. The fourth-order valence-corrected chi connectivity index (χ4v) is 1.31. The predicted molar refractivity (Wildman–Crippen MR) is 64.8 cm³/mol. The summed E-state index contributed by atoms with van der Waals surface area (Å²) in [5.74, 6) is -0.195. The molecule has 88 valence electrons. The van der Waals surface area contributed by atoms with E-state index in [9.17, 15) is 4.79 Å². The SMILES string of the molecule is N#C/C=C\CCCC(=O)OCc1ccccc1. The summed E-state index contributed by atoms with van der Waals surface area (Å²) in [7, 11) is 0. The number of nitrogens with zero attached hydrogens (tertiary/aromatic N) is 1. The summed E-state index contributed by atoms with van der Waals surface area (Å²) < 4.78 is 5.11. The molecule has 1 aromatic carbocycles. The van der Waals surface area contributed by atoms with Gasteiger partial charge in [0.05, 0.1) is 6.07 Å². The van der Waals surface area contributed by atoms with Gasteiger partial charge in [0.2, 0.25) is 0 Å². The molecule has 0 spiro atoms. The van der Waals surface area contributed by atoms with E-state index in [2.05, 4.69) is 0 Å². The molecular weight excluding hydrogens is 214 g/mol. The van der Waals surface area contributed by atoms with Crippen molar-refractivity contribution in [3.63, 3.8) is 0 Å². The van der Waals surface area contributed by atoms with Gasteiger partial charge in [-0.2, -0.15) is 5.26 Å². The zero-order valence-corrected chi connectivity index (χ0v) is 9.63. The van der Waals surface area contributed by atoms with Crippen LogP contribution >= 0.6 is 0 Å². The van der Waals surface area contributed by atoms with Crippen molar-refractivity contribution in [2.75, 3.05) is 0 Å². The molecule has 0 heterocycles. The van der Waals surface area contributed by atoms with Crippen LogP contribution in [0.1, 0.15) is 24.8 Å². The van der Waals surface area contributed by atoms with E-state index in [0.717, 1.165) is 12.0 Å². The third-order valence-electron chi connectivity index (χ3n) is 2.19. The smallest absolute Gasteiger partial charge is 0.306 e. The number of ether oxygens (including phenoxy) is 1. The fraction of sp³-hybridized carbons (Fsp3) is 0.286. The third-order valence-corrected chi connectivity index (χ3v) is 2.19. The van der Waals surface area contributed by atoms with Crippen LogP contribution in [0.15, 0.2) is 42.5 Å². The lowest BCUT2D eigenvalue weighted by atomic mass is 10.2. The summed E-state index contributed by atoms with van der Waals surface area (Å²) in [5, 5.41) is 8.26.